The van der Waals surface area contributed by atoms with Crippen LogP contribution in [0.15, 0.2) is 43.2 Å². The molecule has 0 aromatic carbocycles. The van der Waals surface area contributed by atoms with Crippen LogP contribution in [-0.2, 0) is 4.74 Å². The van der Waals surface area contributed by atoms with Gasteiger partial charge in [0.15, 0.2) is 0 Å². The summed E-state index contributed by atoms with van der Waals surface area (Å²) in [5.41, 5.74) is 4.11. The molecule has 0 saturated heterocycles. The summed E-state index contributed by atoms with van der Waals surface area (Å²) in [6.07, 6.45) is 12.9. The zero-order valence-corrected chi connectivity index (χ0v) is 16.1. The number of carbonyl (C=O) groups excluding carboxylic acids is 1. The van der Waals surface area contributed by atoms with Crippen molar-refractivity contribution in [2.75, 3.05) is 7.11 Å². The lowest BCUT2D eigenvalue weighted by molar-refractivity contribution is 0.0599. The number of H-pyrrole nitrogens is 1. The van der Waals surface area contributed by atoms with Crippen LogP contribution in [-0.4, -0.2) is 49.7 Å². The molecule has 1 aliphatic rings. The van der Waals surface area contributed by atoms with Crippen LogP contribution in [0.4, 0.5) is 0 Å². The molecule has 0 spiro atoms. The monoisotopic (exact) mass is 390 g/mol. The summed E-state index contributed by atoms with van der Waals surface area (Å²) in [7, 11) is 1.75. The van der Waals surface area contributed by atoms with Gasteiger partial charge >= 0.3 is 0 Å². The standard InChI is InChI=1S/C21H22N6O2/c1-29-15-4-2-14(3-5-15)26-21(28)18-11-25-27-7-6-13(8-19(18)27)16-10-23-20-17(16)9-22-12-24-20/h6-12,14-15H,2-5H2,1H3,(H,26,28)(H,22,23,24)/t14-,15-. The Morgan fingerprint density at radius 2 is 2.14 bits per heavy atom. The summed E-state index contributed by atoms with van der Waals surface area (Å²) in [5.74, 6) is -0.0831. The summed E-state index contributed by atoms with van der Waals surface area (Å²) in [6.45, 7) is 0. The second-order valence-electron chi connectivity index (χ2n) is 7.47. The smallest absolute Gasteiger partial charge is 0.255 e. The first kappa shape index (κ1) is 17.8. The Morgan fingerprint density at radius 1 is 1.28 bits per heavy atom. The lowest BCUT2D eigenvalue weighted by Crippen LogP contribution is -2.38. The van der Waals surface area contributed by atoms with E-state index in [4.69, 9.17) is 4.74 Å². The Hall–Kier alpha value is -3.26. The third-order valence-corrected chi connectivity index (χ3v) is 5.78. The third-order valence-electron chi connectivity index (χ3n) is 5.78. The van der Waals surface area contributed by atoms with Crippen molar-refractivity contribution in [3.05, 3.63) is 48.8 Å². The molecule has 1 fully saturated rings. The molecule has 0 unspecified atom stereocenters. The van der Waals surface area contributed by atoms with E-state index in [2.05, 4.69) is 25.4 Å². The molecule has 8 nitrogen and oxygen atoms in total. The summed E-state index contributed by atoms with van der Waals surface area (Å²) in [4.78, 5) is 24.5. The molecule has 148 valence electrons. The fourth-order valence-corrected chi connectivity index (χ4v) is 4.13. The highest BCUT2D eigenvalue weighted by Gasteiger charge is 2.24. The van der Waals surface area contributed by atoms with Crippen LogP contribution < -0.4 is 5.32 Å². The predicted molar refractivity (Wildman–Crippen MR) is 109 cm³/mol. The fraction of sp³-hybridized carbons (Fsp3) is 0.333. The van der Waals surface area contributed by atoms with E-state index in [-0.39, 0.29) is 11.9 Å². The second-order valence-corrected chi connectivity index (χ2v) is 7.47. The van der Waals surface area contributed by atoms with E-state index in [1.54, 1.807) is 24.0 Å². The summed E-state index contributed by atoms with van der Waals surface area (Å²) in [5, 5.41) is 8.46. The number of aromatic amines is 1. The Balaban J connectivity index is 1.43. The van der Waals surface area contributed by atoms with Crippen LogP contribution in [0.25, 0.3) is 27.7 Å². The number of fused-ring (bicyclic) bond motifs is 2. The number of ether oxygens (including phenoxy) is 1. The molecule has 4 heterocycles. The summed E-state index contributed by atoms with van der Waals surface area (Å²) < 4.78 is 7.14. The van der Waals surface area contributed by atoms with Gasteiger partial charge in [0.25, 0.3) is 5.91 Å². The van der Waals surface area contributed by atoms with Crippen LogP contribution >= 0.6 is 0 Å². The van der Waals surface area contributed by atoms with Crippen molar-refractivity contribution >= 4 is 22.5 Å². The number of rotatable bonds is 4. The van der Waals surface area contributed by atoms with Gasteiger partial charge in [-0.15, -0.1) is 0 Å². The minimum atomic E-state index is -0.0831. The van der Waals surface area contributed by atoms with Gasteiger partial charge in [0, 0.05) is 42.7 Å². The van der Waals surface area contributed by atoms with Gasteiger partial charge in [-0.05, 0) is 43.4 Å². The molecule has 1 saturated carbocycles. The van der Waals surface area contributed by atoms with Crippen LogP contribution in [0.1, 0.15) is 36.0 Å². The zero-order valence-electron chi connectivity index (χ0n) is 16.1. The number of hydrogen-bond acceptors (Lipinski definition) is 5. The number of nitrogens with zero attached hydrogens (tertiary/aromatic N) is 4. The first-order valence-corrected chi connectivity index (χ1v) is 9.81. The third kappa shape index (κ3) is 3.25. The normalized spacial score (nSPS) is 19.6. The molecule has 2 N–H and O–H groups in total. The molecule has 5 rings (SSSR count). The van der Waals surface area contributed by atoms with E-state index in [1.165, 1.54) is 6.33 Å². The van der Waals surface area contributed by atoms with Crippen molar-refractivity contribution in [1.82, 2.24) is 29.9 Å². The zero-order chi connectivity index (χ0) is 19.8. The van der Waals surface area contributed by atoms with Gasteiger partial charge in [-0.3, -0.25) is 4.79 Å². The van der Waals surface area contributed by atoms with Gasteiger partial charge in [0.05, 0.1) is 23.4 Å². The lowest BCUT2D eigenvalue weighted by Gasteiger charge is -2.28. The van der Waals surface area contributed by atoms with E-state index in [0.717, 1.165) is 53.4 Å². The van der Waals surface area contributed by atoms with Crippen molar-refractivity contribution in [2.45, 2.75) is 37.8 Å². The summed E-state index contributed by atoms with van der Waals surface area (Å²) in [6, 6.07) is 4.14. The molecule has 1 aliphatic carbocycles. The minimum absolute atomic E-state index is 0.0831. The molecule has 1 amide bonds. The lowest BCUT2D eigenvalue weighted by atomic mass is 9.93. The number of carbonyl (C=O) groups is 1. The number of nitrogens with one attached hydrogen (secondary N) is 2. The first-order chi connectivity index (χ1) is 14.2. The van der Waals surface area contributed by atoms with E-state index in [1.807, 2.05) is 24.5 Å². The van der Waals surface area contributed by atoms with Crippen LogP contribution in [0.5, 0.6) is 0 Å². The number of aromatic nitrogens is 5. The van der Waals surface area contributed by atoms with Crippen LogP contribution in [0.2, 0.25) is 0 Å². The molecule has 0 radical (unpaired) electrons. The first-order valence-electron chi connectivity index (χ1n) is 9.81. The number of hydrogen-bond donors (Lipinski definition) is 2. The van der Waals surface area contributed by atoms with Gasteiger partial charge in [0.2, 0.25) is 0 Å². The number of amides is 1. The average molecular weight is 390 g/mol. The van der Waals surface area contributed by atoms with E-state index < -0.39 is 0 Å². The van der Waals surface area contributed by atoms with Gasteiger partial charge in [0.1, 0.15) is 12.0 Å². The highest BCUT2D eigenvalue weighted by Crippen LogP contribution is 2.29. The molecular formula is C21H22N6O2. The quantitative estimate of drug-likeness (QED) is 0.558. The van der Waals surface area contributed by atoms with E-state index >= 15 is 0 Å². The molecule has 8 heteroatoms. The van der Waals surface area contributed by atoms with Crippen molar-refractivity contribution < 1.29 is 9.53 Å². The molecular weight excluding hydrogens is 368 g/mol. The van der Waals surface area contributed by atoms with Gasteiger partial charge in [-0.1, -0.05) is 0 Å². The van der Waals surface area contributed by atoms with Crippen LogP contribution in [0.3, 0.4) is 0 Å². The average Bonchev–Trinajstić information content (AvgIpc) is 3.38. The maximum atomic E-state index is 12.9. The number of pyridine rings is 1. The van der Waals surface area contributed by atoms with E-state index in [9.17, 15) is 4.79 Å². The maximum absolute atomic E-state index is 12.9. The van der Waals surface area contributed by atoms with Gasteiger partial charge < -0.3 is 15.0 Å². The van der Waals surface area contributed by atoms with Crippen molar-refractivity contribution in [2.24, 2.45) is 0 Å². The molecule has 29 heavy (non-hydrogen) atoms. The topological polar surface area (TPSA) is 97.2 Å². The Kier molecular flexibility index (Phi) is 4.48. The SMILES string of the molecule is CO[C@H]1CC[C@H](NC(=O)c2cnn3ccc(-c4c[nH]c5ncncc45)cc23)CC1. The molecule has 0 bridgehead atoms. The van der Waals surface area contributed by atoms with Crippen molar-refractivity contribution in [3.63, 3.8) is 0 Å². The predicted octanol–water partition coefficient (Wildman–Crippen LogP) is 2.96. The molecule has 0 atom stereocenters. The largest absolute Gasteiger partial charge is 0.381 e. The molecule has 4 aromatic rings. The Morgan fingerprint density at radius 3 is 2.97 bits per heavy atom. The van der Waals surface area contributed by atoms with Crippen molar-refractivity contribution in [3.8, 4) is 11.1 Å². The highest BCUT2D eigenvalue weighted by atomic mass is 16.5. The van der Waals surface area contributed by atoms with E-state index in [0.29, 0.717) is 11.7 Å². The van der Waals surface area contributed by atoms with Crippen LogP contribution in [0, 0.1) is 0 Å². The minimum Gasteiger partial charge on any atom is -0.381 e. The number of methoxy groups -OCH3 is 1. The van der Waals surface area contributed by atoms with Gasteiger partial charge in [-0.25, -0.2) is 14.5 Å². The fourth-order valence-electron chi connectivity index (χ4n) is 4.13. The highest BCUT2D eigenvalue weighted by molar-refractivity contribution is 6.02. The summed E-state index contributed by atoms with van der Waals surface area (Å²) >= 11 is 0. The maximum Gasteiger partial charge on any atom is 0.255 e. The molecule has 0 aliphatic heterocycles. The Labute approximate surface area is 167 Å². The molecule has 4 aromatic heterocycles. The Bertz CT molecular complexity index is 1170. The van der Waals surface area contributed by atoms with Gasteiger partial charge in [-0.2, -0.15) is 5.10 Å². The van der Waals surface area contributed by atoms with Crippen molar-refractivity contribution in [1.29, 1.82) is 0 Å². The second kappa shape index (κ2) is 7.29.